The van der Waals surface area contributed by atoms with E-state index in [9.17, 15) is 5.11 Å². The molecule has 2 atom stereocenters. The van der Waals surface area contributed by atoms with Crippen molar-refractivity contribution in [3.05, 3.63) is 0 Å². The van der Waals surface area contributed by atoms with Gasteiger partial charge in [0.2, 0.25) is 0 Å². The molecule has 0 saturated heterocycles. The summed E-state index contributed by atoms with van der Waals surface area (Å²) >= 11 is 4.05. The van der Waals surface area contributed by atoms with Crippen LogP contribution in [0.3, 0.4) is 0 Å². The van der Waals surface area contributed by atoms with Gasteiger partial charge in [0.05, 0.1) is 0 Å². The first kappa shape index (κ1) is 7.38. The smallest absolute Gasteiger partial charge is 0.109 e. The largest absolute Gasteiger partial charge is 0.380 e. The average Bonchev–Trinajstić information content (AvgIpc) is 1.60. The zero-order valence-corrected chi connectivity index (χ0v) is 6.27. The molecule has 0 radical (unpaired) electrons. The van der Waals surface area contributed by atoms with E-state index in [2.05, 4.69) is 12.6 Å². The maximum absolute atomic E-state index is 9.33. The van der Waals surface area contributed by atoms with Crippen molar-refractivity contribution >= 4 is 12.6 Å². The molecule has 0 amide bonds. The fourth-order valence-electron chi connectivity index (χ4n) is 1.27. The summed E-state index contributed by atoms with van der Waals surface area (Å²) in [5, 5.41) is 9.33. The fraction of sp³-hybridized carbons (Fsp3) is 1.00. The molecule has 3 heteroatoms. The summed E-state index contributed by atoms with van der Waals surface area (Å²) in [5.41, 5.74) is 5.60. The van der Waals surface area contributed by atoms with E-state index in [1.54, 1.807) is 0 Å². The van der Waals surface area contributed by atoms with Gasteiger partial charge in [-0.3, -0.25) is 0 Å². The van der Waals surface area contributed by atoms with Crippen LogP contribution in [0.4, 0.5) is 0 Å². The molecule has 1 fully saturated rings. The first-order valence-electron chi connectivity index (χ1n) is 3.30. The summed E-state index contributed by atoms with van der Waals surface area (Å²) in [7, 11) is 0. The molecule has 2 nitrogen and oxygen atoms in total. The second-order valence-corrected chi connectivity index (χ2v) is 3.67. The van der Waals surface area contributed by atoms with Gasteiger partial charge in [-0.15, -0.1) is 12.6 Å². The Hall–Kier alpha value is 0.270. The van der Waals surface area contributed by atoms with E-state index in [4.69, 9.17) is 5.73 Å². The zero-order chi connectivity index (χ0) is 6.91. The van der Waals surface area contributed by atoms with Gasteiger partial charge in [-0.25, -0.2) is 0 Å². The van der Waals surface area contributed by atoms with Gasteiger partial charge in [-0.1, -0.05) is 0 Å². The van der Waals surface area contributed by atoms with Crippen LogP contribution < -0.4 is 5.73 Å². The molecule has 0 spiro atoms. The third-order valence-corrected chi connectivity index (χ3v) is 2.15. The quantitative estimate of drug-likeness (QED) is 0.345. The van der Waals surface area contributed by atoms with E-state index in [0.717, 1.165) is 19.3 Å². The first-order valence-corrected chi connectivity index (χ1v) is 3.75. The van der Waals surface area contributed by atoms with Gasteiger partial charge in [0, 0.05) is 12.5 Å². The Kier molecular flexibility index (Phi) is 2.03. The van der Waals surface area contributed by atoms with Gasteiger partial charge in [0.1, 0.15) is 4.93 Å². The minimum absolute atomic E-state index is 0.154. The van der Waals surface area contributed by atoms with E-state index >= 15 is 0 Å². The highest BCUT2D eigenvalue weighted by Gasteiger charge is 2.28. The van der Waals surface area contributed by atoms with Crippen LogP contribution in [-0.2, 0) is 0 Å². The van der Waals surface area contributed by atoms with E-state index in [-0.39, 0.29) is 6.04 Å². The molecule has 1 rings (SSSR count). The molecule has 0 heterocycles. The summed E-state index contributed by atoms with van der Waals surface area (Å²) < 4.78 is 0. The van der Waals surface area contributed by atoms with Crippen molar-refractivity contribution < 1.29 is 5.11 Å². The highest BCUT2D eigenvalue weighted by atomic mass is 32.1. The maximum atomic E-state index is 9.33. The molecule has 1 aliphatic carbocycles. The Morgan fingerprint density at radius 3 is 2.67 bits per heavy atom. The van der Waals surface area contributed by atoms with Gasteiger partial charge in [0.15, 0.2) is 0 Å². The van der Waals surface area contributed by atoms with Crippen LogP contribution in [0.15, 0.2) is 0 Å². The number of nitrogens with two attached hydrogens (primary N) is 1. The second kappa shape index (κ2) is 2.48. The summed E-state index contributed by atoms with van der Waals surface area (Å²) in [6.07, 6.45) is 3.45. The standard InChI is InChI=1S/C6H13NOS/c7-5-2-1-3-6(8,9)4-5/h5,8-9H,1-4,7H2/t5-,6-/m0/s1. The summed E-state index contributed by atoms with van der Waals surface area (Å²) in [4.78, 5) is -0.780. The van der Waals surface area contributed by atoms with Crippen LogP contribution in [0.25, 0.3) is 0 Å². The average molecular weight is 147 g/mol. The highest BCUT2D eigenvalue weighted by Crippen LogP contribution is 2.29. The highest BCUT2D eigenvalue weighted by molar-refractivity contribution is 7.81. The van der Waals surface area contributed by atoms with E-state index < -0.39 is 4.93 Å². The first-order chi connectivity index (χ1) is 4.10. The number of hydrogen-bond acceptors (Lipinski definition) is 3. The fourth-order valence-corrected chi connectivity index (χ4v) is 1.66. The molecule has 0 aliphatic heterocycles. The summed E-state index contributed by atoms with van der Waals surface area (Å²) in [6.45, 7) is 0. The number of aliphatic hydroxyl groups is 1. The minimum atomic E-state index is -0.780. The Morgan fingerprint density at radius 2 is 2.33 bits per heavy atom. The molecule has 0 unspecified atom stereocenters. The van der Waals surface area contributed by atoms with Gasteiger partial charge < -0.3 is 10.8 Å². The van der Waals surface area contributed by atoms with E-state index in [0.29, 0.717) is 6.42 Å². The van der Waals surface area contributed by atoms with Gasteiger partial charge >= 0.3 is 0 Å². The summed E-state index contributed by atoms with van der Waals surface area (Å²) in [6, 6.07) is 0.154. The van der Waals surface area contributed by atoms with Crippen molar-refractivity contribution in [2.45, 2.75) is 36.7 Å². The summed E-state index contributed by atoms with van der Waals surface area (Å²) in [5.74, 6) is 0. The van der Waals surface area contributed by atoms with Crippen LogP contribution in [0.1, 0.15) is 25.7 Å². The second-order valence-electron chi connectivity index (χ2n) is 2.84. The molecule has 0 aromatic heterocycles. The Labute approximate surface area is 60.8 Å². The van der Waals surface area contributed by atoms with Crippen molar-refractivity contribution in [3.63, 3.8) is 0 Å². The topological polar surface area (TPSA) is 46.2 Å². The zero-order valence-electron chi connectivity index (χ0n) is 5.38. The van der Waals surface area contributed by atoms with E-state index in [1.165, 1.54) is 0 Å². The minimum Gasteiger partial charge on any atom is -0.380 e. The van der Waals surface area contributed by atoms with Crippen molar-refractivity contribution in [1.29, 1.82) is 0 Å². The monoisotopic (exact) mass is 147 g/mol. The van der Waals surface area contributed by atoms with Crippen molar-refractivity contribution in [2.75, 3.05) is 0 Å². The van der Waals surface area contributed by atoms with E-state index in [1.807, 2.05) is 0 Å². The molecular formula is C6H13NOS. The molecule has 0 bridgehead atoms. The third kappa shape index (κ3) is 2.16. The lowest BCUT2D eigenvalue weighted by molar-refractivity contribution is 0.0881. The Bertz CT molecular complexity index is 105. The lowest BCUT2D eigenvalue weighted by Crippen LogP contribution is -2.36. The van der Waals surface area contributed by atoms with Crippen molar-refractivity contribution in [2.24, 2.45) is 5.73 Å². The lowest BCUT2D eigenvalue weighted by Gasteiger charge is -2.30. The number of thiol groups is 1. The predicted octanol–water partition coefficient (Wildman–Crippen LogP) is 0.506. The molecule has 3 N–H and O–H groups in total. The maximum Gasteiger partial charge on any atom is 0.109 e. The van der Waals surface area contributed by atoms with Gasteiger partial charge in [-0.05, 0) is 19.3 Å². The molecule has 1 saturated carbocycles. The van der Waals surface area contributed by atoms with Crippen molar-refractivity contribution in [1.82, 2.24) is 0 Å². The Morgan fingerprint density at radius 1 is 1.67 bits per heavy atom. The van der Waals surface area contributed by atoms with Crippen molar-refractivity contribution in [3.8, 4) is 0 Å². The van der Waals surface area contributed by atoms with Crippen LogP contribution in [0.2, 0.25) is 0 Å². The molecule has 9 heavy (non-hydrogen) atoms. The number of rotatable bonds is 0. The van der Waals surface area contributed by atoms with Crippen LogP contribution in [0.5, 0.6) is 0 Å². The Balaban J connectivity index is 2.41. The third-order valence-electron chi connectivity index (χ3n) is 1.74. The van der Waals surface area contributed by atoms with Crippen LogP contribution in [0, 0.1) is 0 Å². The molecule has 0 aromatic rings. The van der Waals surface area contributed by atoms with Gasteiger partial charge in [0.25, 0.3) is 0 Å². The molecular weight excluding hydrogens is 134 g/mol. The van der Waals surface area contributed by atoms with Crippen LogP contribution in [-0.4, -0.2) is 16.1 Å². The number of hydrogen-bond donors (Lipinski definition) is 3. The molecule has 0 aromatic carbocycles. The SMILES string of the molecule is N[C@H]1CCC[C@](O)(S)C1. The predicted molar refractivity (Wildman–Crippen MR) is 40.4 cm³/mol. The molecule has 54 valence electrons. The lowest BCUT2D eigenvalue weighted by atomic mass is 9.93. The van der Waals surface area contributed by atoms with Crippen LogP contribution >= 0.6 is 12.6 Å². The molecule has 1 aliphatic rings. The van der Waals surface area contributed by atoms with Gasteiger partial charge in [-0.2, -0.15) is 0 Å². The normalized spacial score (nSPS) is 45.0.